The Kier molecular flexibility index (Phi) is 8.25. The fourth-order valence-corrected chi connectivity index (χ4v) is 9.32. The summed E-state index contributed by atoms with van der Waals surface area (Å²) in [4.78, 5) is 12.2. The Labute approximate surface area is 211 Å². The van der Waals surface area contributed by atoms with Crippen LogP contribution in [0.5, 0.6) is 0 Å². The van der Waals surface area contributed by atoms with E-state index in [0.717, 1.165) is 61.2 Å². The topological polar surface area (TPSA) is 26.3 Å². The largest absolute Gasteiger partial charge is 0.462 e. The van der Waals surface area contributed by atoms with Gasteiger partial charge in [0, 0.05) is 12.8 Å². The van der Waals surface area contributed by atoms with E-state index in [-0.39, 0.29) is 12.1 Å². The molecule has 0 saturated heterocycles. The van der Waals surface area contributed by atoms with Crippen molar-refractivity contribution < 1.29 is 9.53 Å². The molecule has 194 valence electrons. The predicted molar refractivity (Wildman–Crippen MR) is 142 cm³/mol. The summed E-state index contributed by atoms with van der Waals surface area (Å²) in [5, 5.41) is 0. The van der Waals surface area contributed by atoms with E-state index in [1.807, 2.05) is 0 Å². The third-order valence-electron chi connectivity index (χ3n) is 11.3. The summed E-state index contributed by atoms with van der Waals surface area (Å²) in [5.74, 6) is 5.32. The second kappa shape index (κ2) is 10.7. The maximum atomic E-state index is 12.2. The minimum absolute atomic E-state index is 0.0256. The number of hydrogen-bond donors (Lipinski definition) is 0. The summed E-state index contributed by atoms with van der Waals surface area (Å²) in [6, 6.07) is 0. The van der Waals surface area contributed by atoms with E-state index >= 15 is 0 Å². The van der Waals surface area contributed by atoms with Crippen molar-refractivity contribution in [3.8, 4) is 0 Å². The molecule has 2 heteroatoms. The van der Waals surface area contributed by atoms with Crippen molar-refractivity contribution in [2.24, 2.45) is 46.3 Å². The van der Waals surface area contributed by atoms with Crippen molar-refractivity contribution >= 4 is 5.97 Å². The lowest BCUT2D eigenvalue weighted by Crippen LogP contribution is -2.51. The molecule has 0 aromatic rings. The first-order valence-electron chi connectivity index (χ1n) is 15.1. The van der Waals surface area contributed by atoms with Crippen molar-refractivity contribution in [3.63, 3.8) is 0 Å². The molecule has 0 radical (unpaired) electrons. The van der Waals surface area contributed by atoms with Gasteiger partial charge in [-0.3, -0.25) is 4.79 Å². The molecule has 0 bridgehead atoms. The van der Waals surface area contributed by atoms with Crippen LogP contribution in [0.4, 0.5) is 0 Å². The number of esters is 1. The summed E-state index contributed by atoms with van der Waals surface area (Å²) in [6.07, 6.45) is 19.9. The summed E-state index contributed by atoms with van der Waals surface area (Å²) in [6.45, 7) is 14.7. The molecule has 34 heavy (non-hydrogen) atoms. The van der Waals surface area contributed by atoms with Gasteiger partial charge in [0.05, 0.1) is 0 Å². The molecular formula is C32H54O2. The Balaban J connectivity index is 1.41. The molecule has 0 aromatic heterocycles. The fraction of sp³-hybridized carbons (Fsp3) is 0.906. The Morgan fingerprint density at radius 1 is 1.03 bits per heavy atom. The normalized spacial score (nSPS) is 40.2. The van der Waals surface area contributed by atoms with Crippen molar-refractivity contribution in [2.45, 2.75) is 138 Å². The average molecular weight is 471 g/mol. The number of hydrogen-bond acceptors (Lipinski definition) is 2. The first-order valence-corrected chi connectivity index (χ1v) is 15.1. The van der Waals surface area contributed by atoms with E-state index in [1.165, 1.54) is 57.8 Å². The van der Waals surface area contributed by atoms with E-state index < -0.39 is 0 Å². The van der Waals surface area contributed by atoms with Gasteiger partial charge in [0.1, 0.15) is 6.10 Å². The molecule has 0 heterocycles. The van der Waals surface area contributed by atoms with Gasteiger partial charge in [-0.2, -0.15) is 0 Å². The van der Waals surface area contributed by atoms with Crippen molar-refractivity contribution in [2.75, 3.05) is 0 Å². The highest BCUT2D eigenvalue weighted by Crippen LogP contribution is 2.67. The minimum atomic E-state index is 0.0256. The standard InChI is InChI=1S/C32H54O2/c1-7-8-12-30(33)34-25-17-19-31(5)24(21-25)13-14-26-28-16-15-27(23(4)11-9-10-22(2)3)32(28,6)20-18-29(26)31/h13,22-23,25-29H,7-12,14-21H2,1-6H3/t23-,25+,26+,27?,28+,29+,31+,32-/m1/s1. The van der Waals surface area contributed by atoms with Gasteiger partial charge in [-0.05, 0) is 97.7 Å². The number of fused-ring (bicyclic) bond motifs is 5. The lowest BCUT2D eigenvalue weighted by Gasteiger charge is -2.58. The molecule has 4 rings (SSSR count). The second-order valence-corrected chi connectivity index (χ2v) is 13.7. The molecule has 8 atom stereocenters. The minimum Gasteiger partial charge on any atom is -0.462 e. The van der Waals surface area contributed by atoms with Gasteiger partial charge in [0.2, 0.25) is 0 Å². The molecule has 3 saturated carbocycles. The fourth-order valence-electron chi connectivity index (χ4n) is 9.32. The van der Waals surface area contributed by atoms with Gasteiger partial charge in [-0.15, -0.1) is 0 Å². The Morgan fingerprint density at radius 3 is 2.56 bits per heavy atom. The average Bonchev–Trinajstić information content (AvgIpc) is 3.15. The number of carbonyl (C=O) groups is 1. The van der Waals surface area contributed by atoms with Gasteiger partial charge in [0.25, 0.3) is 0 Å². The lowest BCUT2D eigenvalue weighted by atomic mass is 9.47. The smallest absolute Gasteiger partial charge is 0.306 e. The number of carbonyl (C=O) groups excluding carboxylic acids is 1. The summed E-state index contributed by atoms with van der Waals surface area (Å²) < 4.78 is 5.92. The SMILES string of the molecule is CCCCC(=O)O[C@H]1CC[C@@]2(C)C(=CC[C@@H]3[C@@H]2CC[C@]2(C)C([C@H](C)CCCC(C)C)CC[C@@H]32)C1. The first kappa shape index (κ1) is 26.3. The highest BCUT2D eigenvalue weighted by atomic mass is 16.5. The molecule has 0 spiro atoms. The molecule has 0 aromatic carbocycles. The van der Waals surface area contributed by atoms with Gasteiger partial charge < -0.3 is 4.74 Å². The molecule has 4 aliphatic carbocycles. The summed E-state index contributed by atoms with van der Waals surface area (Å²) in [5.41, 5.74) is 2.54. The molecular weight excluding hydrogens is 416 g/mol. The summed E-state index contributed by atoms with van der Waals surface area (Å²) >= 11 is 0. The van der Waals surface area contributed by atoms with Crippen LogP contribution < -0.4 is 0 Å². The van der Waals surface area contributed by atoms with Crippen LogP contribution >= 0.6 is 0 Å². The van der Waals surface area contributed by atoms with E-state index in [2.05, 4.69) is 47.6 Å². The number of unbranched alkanes of at least 4 members (excludes halogenated alkanes) is 1. The Hall–Kier alpha value is -0.790. The van der Waals surface area contributed by atoms with Crippen LogP contribution in [0.1, 0.15) is 131 Å². The zero-order valence-corrected chi connectivity index (χ0v) is 23.3. The Bertz CT molecular complexity index is 737. The van der Waals surface area contributed by atoms with E-state index in [1.54, 1.807) is 5.57 Å². The van der Waals surface area contributed by atoms with E-state index in [4.69, 9.17) is 4.74 Å². The third-order valence-corrected chi connectivity index (χ3v) is 11.3. The third kappa shape index (κ3) is 5.04. The highest BCUT2D eigenvalue weighted by molar-refractivity contribution is 5.69. The molecule has 4 aliphatic rings. The van der Waals surface area contributed by atoms with Crippen LogP contribution in [0.3, 0.4) is 0 Å². The zero-order chi connectivity index (χ0) is 24.5. The van der Waals surface area contributed by atoms with Gasteiger partial charge in [0.15, 0.2) is 0 Å². The number of rotatable bonds is 9. The highest BCUT2D eigenvalue weighted by Gasteiger charge is 2.59. The van der Waals surface area contributed by atoms with Crippen LogP contribution in [-0.4, -0.2) is 12.1 Å². The lowest BCUT2D eigenvalue weighted by molar-refractivity contribution is -0.151. The molecule has 1 unspecified atom stereocenters. The Morgan fingerprint density at radius 2 is 1.82 bits per heavy atom. The monoisotopic (exact) mass is 470 g/mol. The van der Waals surface area contributed by atoms with Crippen molar-refractivity contribution in [1.29, 1.82) is 0 Å². The van der Waals surface area contributed by atoms with Gasteiger partial charge in [-0.1, -0.05) is 78.9 Å². The second-order valence-electron chi connectivity index (χ2n) is 13.7. The van der Waals surface area contributed by atoms with Crippen LogP contribution in [0.15, 0.2) is 11.6 Å². The molecule has 3 fully saturated rings. The number of allylic oxidation sites excluding steroid dienone is 1. The van der Waals surface area contributed by atoms with Gasteiger partial charge in [-0.25, -0.2) is 0 Å². The van der Waals surface area contributed by atoms with Gasteiger partial charge >= 0.3 is 5.97 Å². The quantitative estimate of drug-likeness (QED) is 0.248. The molecule has 0 aliphatic heterocycles. The predicted octanol–water partition coefficient (Wildman–Crippen LogP) is 9.13. The van der Waals surface area contributed by atoms with Crippen molar-refractivity contribution in [3.05, 3.63) is 11.6 Å². The number of ether oxygens (including phenoxy) is 1. The maximum absolute atomic E-state index is 12.2. The first-order chi connectivity index (χ1) is 16.2. The summed E-state index contributed by atoms with van der Waals surface area (Å²) in [7, 11) is 0. The van der Waals surface area contributed by atoms with E-state index in [9.17, 15) is 4.79 Å². The van der Waals surface area contributed by atoms with Crippen LogP contribution in [0, 0.1) is 46.3 Å². The van der Waals surface area contributed by atoms with Crippen LogP contribution in [-0.2, 0) is 9.53 Å². The molecule has 2 nitrogen and oxygen atoms in total. The van der Waals surface area contributed by atoms with Crippen molar-refractivity contribution in [1.82, 2.24) is 0 Å². The van der Waals surface area contributed by atoms with Crippen LogP contribution in [0.2, 0.25) is 0 Å². The molecule has 0 amide bonds. The van der Waals surface area contributed by atoms with Crippen LogP contribution in [0.25, 0.3) is 0 Å². The zero-order valence-electron chi connectivity index (χ0n) is 23.3. The molecule has 0 N–H and O–H groups in total. The maximum Gasteiger partial charge on any atom is 0.306 e. The van der Waals surface area contributed by atoms with E-state index in [0.29, 0.717) is 17.3 Å².